The highest BCUT2D eigenvalue weighted by molar-refractivity contribution is 7.17. The van der Waals surface area contributed by atoms with Crippen LogP contribution in [0, 0.1) is 5.82 Å². The fourth-order valence-electron chi connectivity index (χ4n) is 3.39. The molecule has 0 saturated carbocycles. The number of rotatable bonds is 6. The molecule has 0 radical (unpaired) electrons. The first-order valence-electron chi connectivity index (χ1n) is 9.61. The van der Waals surface area contributed by atoms with E-state index in [0.29, 0.717) is 25.5 Å². The Labute approximate surface area is 189 Å². The summed E-state index contributed by atoms with van der Waals surface area (Å²) in [5, 5.41) is 3.59. The quantitative estimate of drug-likeness (QED) is 0.326. The van der Waals surface area contributed by atoms with Crippen molar-refractivity contribution in [3.05, 3.63) is 46.1 Å². The van der Waals surface area contributed by atoms with E-state index in [1.165, 1.54) is 5.32 Å². The first kappa shape index (κ1) is 24.3. The third-order valence-corrected chi connectivity index (χ3v) is 6.10. The molecule has 33 heavy (non-hydrogen) atoms. The summed E-state index contributed by atoms with van der Waals surface area (Å²) in [4.78, 5) is 37.6. The number of urea groups is 1. The Kier molecular flexibility index (Phi) is 6.81. The zero-order chi connectivity index (χ0) is 24.4. The molecule has 0 unspecified atom stereocenters. The van der Waals surface area contributed by atoms with Gasteiger partial charge in [-0.25, -0.2) is 14.0 Å². The van der Waals surface area contributed by atoms with Crippen LogP contribution in [0.25, 0.3) is 0 Å². The van der Waals surface area contributed by atoms with Crippen LogP contribution in [0.3, 0.4) is 0 Å². The van der Waals surface area contributed by atoms with Crippen LogP contribution in [0.4, 0.5) is 27.4 Å². The Morgan fingerprint density at radius 3 is 2.30 bits per heavy atom. The van der Waals surface area contributed by atoms with Crippen molar-refractivity contribution in [3.8, 4) is 5.75 Å². The summed E-state index contributed by atoms with van der Waals surface area (Å²) in [6.07, 6.45) is -2.68. The van der Waals surface area contributed by atoms with Crippen LogP contribution in [-0.4, -0.2) is 36.9 Å². The van der Waals surface area contributed by atoms with Crippen molar-refractivity contribution in [1.29, 1.82) is 0 Å². The Balaban J connectivity index is 1.95. The van der Waals surface area contributed by atoms with Gasteiger partial charge in [-0.1, -0.05) is 0 Å². The molecule has 0 bridgehead atoms. The minimum absolute atomic E-state index is 0.0139. The van der Waals surface area contributed by atoms with Gasteiger partial charge in [-0.05, 0) is 55.5 Å². The number of benzene rings is 1. The fraction of sp³-hybridized carbons (Fsp3) is 0.350. The number of alkyl halides is 3. The number of anilines is 1. The van der Waals surface area contributed by atoms with Crippen molar-refractivity contribution in [1.82, 2.24) is 5.32 Å². The molecule has 4 N–H and O–H groups in total. The number of nitrogens with two attached hydrogens (primary N) is 1. The zero-order valence-corrected chi connectivity index (χ0v) is 18.0. The molecule has 0 saturated heterocycles. The number of ether oxygens (including phenoxy) is 2. The number of methoxy groups -OCH3 is 1. The normalized spacial score (nSPS) is 15.1. The van der Waals surface area contributed by atoms with Crippen molar-refractivity contribution < 1.29 is 41.4 Å². The number of carbonyl (C=O) groups is 3. The molecule has 0 aliphatic heterocycles. The van der Waals surface area contributed by atoms with E-state index in [9.17, 15) is 31.9 Å². The van der Waals surface area contributed by atoms with Crippen LogP contribution in [0.5, 0.6) is 5.75 Å². The number of nitrogens with one attached hydrogen (secondary N) is 2. The van der Waals surface area contributed by atoms with E-state index in [1.54, 1.807) is 0 Å². The summed E-state index contributed by atoms with van der Waals surface area (Å²) in [5.74, 6) is -4.15. The standard InChI is InChI=1S/C20H19F4N3O5S/c1-31-17(29)19(20(22,23)24,32-11-8-6-10(21)7-9-11)27-18(30)26-16-14(15(25)28)12-4-2-3-5-13(12)33-16/h6-9H,2-5H2,1H3,(H2,25,28)(H2,26,27,30)/t19-/m0/s1. The largest absolute Gasteiger partial charge is 0.464 e. The number of amides is 3. The van der Waals surface area contributed by atoms with E-state index < -0.39 is 41.4 Å². The molecule has 2 aromatic rings. The van der Waals surface area contributed by atoms with E-state index >= 15 is 0 Å². The number of primary amides is 1. The molecule has 1 aromatic heterocycles. The van der Waals surface area contributed by atoms with Crippen molar-refractivity contribution in [2.75, 3.05) is 12.4 Å². The minimum Gasteiger partial charge on any atom is -0.464 e. The summed E-state index contributed by atoms with van der Waals surface area (Å²) in [7, 11) is 0.676. The van der Waals surface area contributed by atoms with Crippen LogP contribution >= 0.6 is 11.3 Å². The summed E-state index contributed by atoms with van der Waals surface area (Å²) in [6, 6.07) is 1.81. The average molecular weight is 489 g/mol. The Bertz CT molecular complexity index is 1070. The van der Waals surface area contributed by atoms with Gasteiger partial charge in [0.15, 0.2) is 0 Å². The van der Waals surface area contributed by atoms with Gasteiger partial charge in [-0.2, -0.15) is 13.2 Å². The molecule has 1 aromatic carbocycles. The van der Waals surface area contributed by atoms with E-state index in [0.717, 1.165) is 53.3 Å². The van der Waals surface area contributed by atoms with Crippen LogP contribution in [0.15, 0.2) is 24.3 Å². The van der Waals surface area contributed by atoms with E-state index in [1.807, 2.05) is 0 Å². The Hall–Kier alpha value is -3.35. The van der Waals surface area contributed by atoms with Crippen LogP contribution in [0.1, 0.15) is 33.6 Å². The van der Waals surface area contributed by atoms with Gasteiger partial charge in [0.25, 0.3) is 5.91 Å². The zero-order valence-electron chi connectivity index (χ0n) is 17.2. The second-order valence-electron chi connectivity index (χ2n) is 7.08. The number of hydrogen-bond acceptors (Lipinski definition) is 6. The lowest BCUT2D eigenvalue weighted by molar-refractivity contribution is -0.258. The lowest BCUT2D eigenvalue weighted by atomic mass is 9.95. The van der Waals surface area contributed by atoms with Crippen LogP contribution in [-0.2, 0) is 22.4 Å². The SMILES string of the molecule is COC(=O)[C@](NC(=O)Nc1sc2c(c1C(N)=O)CCCC2)(Oc1ccc(F)cc1)C(F)(F)F. The molecule has 3 amide bonds. The molecule has 0 spiro atoms. The van der Waals surface area contributed by atoms with Crippen LogP contribution in [0.2, 0.25) is 0 Å². The van der Waals surface area contributed by atoms with Gasteiger partial charge >= 0.3 is 23.9 Å². The Morgan fingerprint density at radius 2 is 1.73 bits per heavy atom. The van der Waals surface area contributed by atoms with Crippen molar-refractivity contribution in [3.63, 3.8) is 0 Å². The maximum absolute atomic E-state index is 14.1. The van der Waals surface area contributed by atoms with Gasteiger partial charge < -0.3 is 15.2 Å². The van der Waals surface area contributed by atoms with Crippen LogP contribution < -0.4 is 21.1 Å². The van der Waals surface area contributed by atoms with E-state index in [4.69, 9.17) is 10.5 Å². The molecule has 13 heteroatoms. The molecule has 1 heterocycles. The van der Waals surface area contributed by atoms with Gasteiger partial charge in [0.05, 0.1) is 12.7 Å². The number of fused-ring (bicyclic) bond motifs is 1. The number of thiophene rings is 1. The molecule has 178 valence electrons. The summed E-state index contributed by atoms with van der Waals surface area (Å²) >= 11 is 1.02. The second-order valence-corrected chi connectivity index (χ2v) is 8.19. The van der Waals surface area contributed by atoms with Gasteiger partial charge in [-0.3, -0.25) is 15.4 Å². The third kappa shape index (κ3) is 4.87. The van der Waals surface area contributed by atoms with E-state index in [2.05, 4.69) is 10.1 Å². The first-order valence-corrected chi connectivity index (χ1v) is 10.4. The van der Waals surface area contributed by atoms with E-state index in [-0.39, 0.29) is 10.6 Å². The monoisotopic (exact) mass is 489 g/mol. The Morgan fingerprint density at radius 1 is 1.09 bits per heavy atom. The predicted molar refractivity (Wildman–Crippen MR) is 109 cm³/mol. The highest BCUT2D eigenvalue weighted by Gasteiger charge is 2.66. The highest BCUT2D eigenvalue weighted by Crippen LogP contribution is 2.38. The lowest BCUT2D eigenvalue weighted by Crippen LogP contribution is -2.68. The average Bonchev–Trinajstić information content (AvgIpc) is 3.11. The minimum atomic E-state index is -5.49. The number of hydrogen-bond donors (Lipinski definition) is 3. The summed E-state index contributed by atoms with van der Waals surface area (Å²) < 4.78 is 64.4. The molecule has 0 fully saturated rings. The van der Waals surface area contributed by atoms with Crippen molar-refractivity contribution in [2.45, 2.75) is 37.6 Å². The van der Waals surface area contributed by atoms with Gasteiger partial charge in [0.2, 0.25) is 0 Å². The molecular weight excluding hydrogens is 470 g/mol. The predicted octanol–water partition coefficient (Wildman–Crippen LogP) is 3.50. The number of halogens is 4. The number of carbonyl (C=O) groups excluding carboxylic acids is 3. The summed E-state index contributed by atoms with van der Waals surface area (Å²) in [6.45, 7) is 0. The number of aryl methyl sites for hydroxylation is 1. The van der Waals surface area contributed by atoms with Gasteiger partial charge in [0.1, 0.15) is 16.6 Å². The van der Waals surface area contributed by atoms with Crippen molar-refractivity contribution in [2.24, 2.45) is 5.73 Å². The lowest BCUT2D eigenvalue weighted by Gasteiger charge is -2.33. The second kappa shape index (κ2) is 9.25. The molecule has 1 atom stereocenters. The van der Waals surface area contributed by atoms with Gasteiger partial charge in [-0.15, -0.1) is 11.3 Å². The fourth-order valence-corrected chi connectivity index (χ4v) is 4.68. The molecule has 3 rings (SSSR count). The maximum atomic E-state index is 14.1. The molecular formula is C20H19F4N3O5S. The third-order valence-electron chi connectivity index (χ3n) is 4.89. The van der Waals surface area contributed by atoms with Gasteiger partial charge in [0, 0.05) is 4.88 Å². The molecule has 1 aliphatic carbocycles. The molecule has 1 aliphatic rings. The smallest absolute Gasteiger partial charge is 0.460 e. The topological polar surface area (TPSA) is 120 Å². The van der Waals surface area contributed by atoms with Crippen molar-refractivity contribution >= 4 is 34.2 Å². The highest BCUT2D eigenvalue weighted by atomic mass is 32.1. The summed E-state index contributed by atoms with van der Waals surface area (Å²) in [5.41, 5.74) is 2.12. The molecule has 8 nitrogen and oxygen atoms in total. The number of esters is 1. The first-order chi connectivity index (χ1) is 15.5. The maximum Gasteiger partial charge on any atom is 0.460 e.